The zero-order valence-electron chi connectivity index (χ0n) is 11.0. The van der Waals surface area contributed by atoms with Crippen molar-refractivity contribution in [3.05, 3.63) is 52.0 Å². The van der Waals surface area contributed by atoms with Gasteiger partial charge in [0.1, 0.15) is 5.82 Å². The number of hydrogen-bond acceptors (Lipinski definition) is 4. The summed E-state index contributed by atoms with van der Waals surface area (Å²) in [6, 6.07) is 7.26. The van der Waals surface area contributed by atoms with Crippen LogP contribution in [-0.2, 0) is 16.6 Å². The van der Waals surface area contributed by atoms with Crippen LogP contribution in [0.1, 0.15) is 10.4 Å². The topological polar surface area (TPSA) is 72.2 Å². The first kappa shape index (κ1) is 15.7. The average molecular weight is 324 g/mol. The van der Waals surface area contributed by atoms with Gasteiger partial charge in [-0.25, -0.2) is 17.5 Å². The molecule has 1 aromatic carbocycles. The first-order valence-corrected chi connectivity index (χ1v) is 8.40. The molecule has 1 heterocycles. The molecule has 0 aliphatic carbocycles. The normalized spacial score (nSPS) is 11.0. The van der Waals surface area contributed by atoms with E-state index in [4.69, 9.17) is 5.73 Å². The Balaban J connectivity index is 2.18. The van der Waals surface area contributed by atoms with Gasteiger partial charge in [-0.3, -0.25) is 0 Å². The highest BCUT2D eigenvalue weighted by molar-refractivity contribution is 7.89. The molecule has 0 fully saturated rings. The van der Waals surface area contributed by atoms with E-state index < -0.39 is 15.8 Å². The Morgan fingerprint density at radius 1 is 1.33 bits per heavy atom. The van der Waals surface area contributed by atoms with E-state index in [0.29, 0.717) is 0 Å². The van der Waals surface area contributed by atoms with Gasteiger partial charge < -0.3 is 5.73 Å². The van der Waals surface area contributed by atoms with Crippen molar-refractivity contribution in [3.8, 4) is 11.8 Å². The summed E-state index contributed by atoms with van der Waals surface area (Å²) >= 11 is 1.44. The molecule has 7 heteroatoms. The van der Waals surface area contributed by atoms with Crippen molar-refractivity contribution < 1.29 is 12.8 Å². The molecule has 0 saturated heterocycles. The third-order valence-electron chi connectivity index (χ3n) is 2.59. The lowest BCUT2D eigenvalue weighted by Crippen LogP contribution is -2.23. The van der Waals surface area contributed by atoms with Gasteiger partial charge in [-0.15, -0.1) is 11.3 Å². The molecule has 110 valence electrons. The Kier molecular flexibility index (Phi) is 5.09. The molecule has 0 unspecified atom stereocenters. The number of rotatable bonds is 4. The number of nitrogens with one attached hydrogen (secondary N) is 1. The van der Waals surface area contributed by atoms with Crippen LogP contribution in [0.3, 0.4) is 0 Å². The number of benzene rings is 1. The highest BCUT2D eigenvalue weighted by Gasteiger charge is 2.15. The molecule has 2 rings (SSSR count). The van der Waals surface area contributed by atoms with Gasteiger partial charge in [0.2, 0.25) is 10.0 Å². The predicted octanol–water partition coefficient (Wildman–Crippen LogP) is 1.68. The Morgan fingerprint density at radius 2 is 2.14 bits per heavy atom. The van der Waals surface area contributed by atoms with Crippen molar-refractivity contribution >= 4 is 21.4 Å². The first-order chi connectivity index (χ1) is 10.0. The Bertz CT molecular complexity index is 775. The summed E-state index contributed by atoms with van der Waals surface area (Å²) in [4.78, 5) is 0.749. The number of hydrogen-bond donors (Lipinski definition) is 2. The van der Waals surface area contributed by atoms with E-state index in [1.54, 1.807) is 0 Å². The van der Waals surface area contributed by atoms with E-state index in [-0.39, 0.29) is 23.5 Å². The monoisotopic (exact) mass is 324 g/mol. The first-order valence-electron chi connectivity index (χ1n) is 6.03. The molecule has 0 radical (unpaired) electrons. The maximum Gasteiger partial charge on any atom is 0.241 e. The van der Waals surface area contributed by atoms with Crippen LogP contribution in [0.5, 0.6) is 0 Å². The van der Waals surface area contributed by atoms with Crippen molar-refractivity contribution in [3.63, 3.8) is 0 Å². The standard InChI is InChI=1S/C14H13FN2O2S2/c15-14-9-13(6-5-11(14)3-1-7-16)21(18,19)17-10-12-4-2-8-20-12/h2,4-6,8-9,17H,7,10,16H2. The summed E-state index contributed by atoms with van der Waals surface area (Å²) in [7, 11) is -3.75. The lowest BCUT2D eigenvalue weighted by atomic mass is 10.2. The maximum absolute atomic E-state index is 13.8. The summed E-state index contributed by atoms with van der Waals surface area (Å²) in [5, 5.41) is 1.86. The highest BCUT2D eigenvalue weighted by Crippen LogP contribution is 2.15. The van der Waals surface area contributed by atoms with Gasteiger partial charge in [0.25, 0.3) is 0 Å². The number of nitrogens with two attached hydrogens (primary N) is 1. The molecule has 0 amide bonds. The quantitative estimate of drug-likeness (QED) is 0.841. The number of thiophene rings is 1. The zero-order chi connectivity index (χ0) is 15.3. The van der Waals surface area contributed by atoms with Crippen LogP contribution in [-0.4, -0.2) is 15.0 Å². The summed E-state index contributed by atoms with van der Waals surface area (Å²) in [5.74, 6) is 4.38. The van der Waals surface area contributed by atoms with Gasteiger partial charge in [0.05, 0.1) is 17.0 Å². The molecule has 0 atom stereocenters. The molecule has 4 nitrogen and oxygen atoms in total. The summed E-state index contributed by atoms with van der Waals surface area (Å²) in [6.07, 6.45) is 0. The minimum Gasteiger partial charge on any atom is -0.320 e. The lowest BCUT2D eigenvalue weighted by Gasteiger charge is -2.06. The van der Waals surface area contributed by atoms with Crippen molar-refractivity contribution in [1.29, 1.82) is 0 Å². The summed E-state index contributed by atoms with van der Waals surface area (Å²) in [5.41, 5.74) is 5.33. The SMILES string of the molecule is NCC#Cc1ccc(S(=O)(=O)NCc2cccs2)cc1F. The highest BCUT2D eigenvalue weighted by atomic mass is 32.2. The Morgan fingerprint density at radius 3 is 2.76 bits per heavy atom. The molecule has 0 aliphatic rings. The molecule has 0 spiro atoms. The van der Waals surface area contributed by atoms with Crippen LogP contribution in [0.4, 0.5) is 4.39 Å². The fraction of sp³-hybridized carbons (Fsp3) is 0.143. The van der Waals surface area contributed by atoms with E-state index in [1.165, 1.54) is 23.5 Å². The molecule has 1 aromatic heterocycles. The Labute approximate surface area is 126 Å². The van der Waals surface area contributed by atoms with Gasteiger partial charge in [0.15, 0.2) is 0 Å². The second-order valence-corrected chi connectivity index (χ2v) is 6.85. The van der Waals surface area contributed by atoms with Gasteiger partial charge in [-0.2, -0.15) is 0 Å². The fourth-order valence-electron chi connectivity index (χ4n) is 1.57. The maximum atomic E-state index is 13.8. The van der Waals surface area contributed by atoms with Crippen LogP contribution >= 0.6 is 11.3 Å². The van der Waals surface area contributed by atoms with Crippen LogP contribution in [0, 0.1) is 17.7 Å². The summed E-state index contributed by atoms with van der Waals surface area (Å²) < 4.78 is 40.4. The molecule has 2 aromatic rings. The average Bonchev–Trinajstić information content (AvgIpc) is 2.97. The molecule has 3 N–H and O–H groups in total. The van der Waals surface area contributed by atoms with E-state index in [2.05, 4.69) is 16.6 Å². The van der Waals surface area contributed by atoms with Crippen LogP contribution in [0.25, 0.3) is 0 Å². The van der Waals surface area contributed by atoms with E-state index in [0.717, 1.165) is 10.9 Å². The molecular formula is C14H13FN2O2S2. The fourth-order valence-corrected chi connectivity index (χ4v) is 3.33. The largest absolute Gasteiger partial charge is 0.320 e. The van der Waals surface area contributed by atoms with Crippen LogP contribution < -0.4 is 10.5 Å². The number of sulfonamides is 1. The molecule has 0 aliphatic heterocycles. The van der Waals surface area contributed by atoms with Gasteiger partial charge in [0, 0.05) is 11.4 Å². The van der Waals surface area contributed by atoms with Gasteiger partial charge >= 0.3 is 0 Å². The second kappa shape index (κ2) is 6.83. The Hall–Kier alpha value is -1.72. The van der Waals surface area contributed by atoms with Crippen molar-refractivity contribution in [1.82, 2.24) is 4.72 Å². The molecule has 21 heavy (non-hydrogen) atoms. The third kappa shape index (κ3) is 4.12. The molecular weight excluding hydrogens is 311 g/mol. The third-order valence-corrected chi connectivity index (χ3v) is 4.87. The lowest BCUT2D eigenvalue weighted by molar-refractivity contribution is 0.577. The minimum atomic E-state index is -3.75. The number of halogens is 1. The van der Waals surface area contributed by atoms with E-state index in [9.17, 15) is 12.8 Å². The smallest absolute Gasteiger partial charge is 0.241 e. The van der Waals surface area contributed by atoms with E-state index in [1.807, 2.05) is 17.5 Å². The molecule has 0 bridgehead atoms. The van der Waals surface area contributed by atoms with Gasteiger partial charge in [-0.1, -0.05) is 17.9 Å². The zero-order valence-corrected chi connectivity index (χ0v) is 12.6. The minimum absolute atomic E-state index is 0.113. The molecule has 0 saturated carbocycles. The van der Waals surface area contributed by atoms with Gasteiger partial charge in [-0.05, 0) is 29.6 Å². The van der Waals surface area contributed by atoms with Crippen molar-refractivity contribution in [2.24, 2.45) is 5.73 Å². The summed E-state index contributed by atoms with van der Waals surface area (Å²) in [6.45, 7) is 0.290. The second-order valence-electron chi connectivity index (χ2n) is 4.05. The predicted molar refractivity (Wildman–Crippen MR) is 80.7 cm³/mol. The van der Waals surface area contributed by atoms with Crippen LogP contribution in [0.15, 0.2) is 40.6 Å². The van der Waals surface area contributed by atoms with Crippen LogP contribution in [0.2, 0.25) is 0 Å². The van der Waals surface area contributed by atoms with E-state index >= 15 is 0 Å². The van der Waals surface area contributed by atoms with Crippen molar-refractivity contribution in [2.75, 3.05) is 6.54 Å². The van der Waals surface area contributed by atoms with Crippen molar-refractivity contribution in [2.45, 2.75) is 11.4 Å².